The Balaban J connectivity index is 0. The monoisotopic (exact) mass is 615 g/mol. The van der Waals surface area contributed by atoms with E-state index in [1.807, 2.05) is 0 Å². The topological polar surface area (TPSA) is 110 Å². The lowest BCUT2D eigenvalue weighted by Gasteiger charge is -2.23. The van der Waals surface area contributed by atoms with E-state index in [2.05, 4.69) is 28.1 Å². The standard InChI is InChI=1S/C29H62NO4S.CH4O3S/c1-6-7-8-9-10-11-12-13-14-15-16-17-18-19-20-22-25-34-27-29(33-5)28-35(31,32)26-23-21-24-30(2,3)4;1-5(2,3)4/h29H,6-28H2,1-5H3;1H3,(H,2,3,4)/q+1;/p-1. The minimum atomic E-state index is -3.92. The average Bonchev–Trinajstić information content (AvgIpc) is 2.83. The summed E-state index contributed by atoms with van der Waals surface area (Å²) in [6, 6.07) is 0. The van der Waals surface area contributed by atoms with Gasteiger partial charge in [0.1, 0.15) is 0 Å². The smallest absolute Gasteiger partial charge is 0.152 e. The Bertz CT molecular complexity index is 743. The van der Waals surface area contributed by atoms with Crippen molar-refractivity contribution in [2.24, 2.45) is 0 Å². The van der Waals surface area contributed by atoms with E-state index in [4.69, 9.17) is 22.4 Å². The normalized spacial score (nSPS) is 13.2. The third-order valence-corrected chi connectivity index (χ3v) is 8.54. The molecule has 0 aliphatic rings. The van der Waals surface area contributed by atoms with Crippen molar-refractivity contribution in [2.45, 2.75) is 129 Å². The molecule has 0 amide bonds. The summed E-state index contributed by atoms with van der Waals surface area (Å²) in [6.45, 7) is 4.34. The van der Waals surface area contributed by atoms with Gasteiger partial charge in [-0.2, -0.15) is 0 Å². The number of rotatable bonds is 27. The van der Waals surface area contributed by atoms with Gasteiger partial charge in [0.2, 0.25) is 0 Å². The van der Waals surface area contributed by atoms with Crippen LogP contribution in [0.4, 0.5) is 0 Å². The first-order valence-corrected chi connectivity index (χ1v) is 19.4. The van der Waals surface area contributed by atoms with Crippen molar-refractivity contribution in [1.29, 1.82) is 0 Å². The van der Waals surface area contributed by atoms with E-state index in [9.17, 15) is 8.42 Å². The summed E-state index contributed by atoms with van der Waals surface area (Å²) in [5, 5.41) is 0. The molecule has 0 aromatic heterocycles. The van der Waals surface area contributed by atoms with Crippen molar-refractivity contribution in [1.82, 2.24) is 0 Å². The summed E-state index contributed by atoms with van der Waals surface area (Å²) >= 11 is 0. The fourth-order valence-electron chi connectivity index (χ4n) is 4.43. The predicted octanol–water partition coefficient (Wildman–Crippen LogP) is 6.34. The molecule has 0 radical (unpaired) electrons. The first kappa shape index (κ1) is 41.9. The van der Waals surface area contributed by atoms with Gasteiger partial charge in [-0.1, -0.05) is 103 Å². The first-order valence-electron chi connectivity index (χ1n) is 15.7. The van der Waals surface area contributed by atoms with Gasteiger partial charge < -0.3 is 18.5 Å². The van der Waals surface area contributed by atoms with Gasteiger partial charge in [0.15, 0.2) is 9.84 Å². The lowest BCUT2D eigenvalue weighted by atomic mass is 10.0. The Morgan fingerprint density at radius 3 is 1.45 bits per heavy atom. The van der Waals surface area contributed by atoms with E-state index in [1.165, 1.54) is 96.3 Å². The number of hydrogen-bond acceptors (Lipinski definition) is 7. The van der Waals surface area contributed by atoms with Crippen LogP contribution in [0.5, 0.6) is 0 Å². The van der Waals surface area contributed by atoms with E-state index in [-0.39, 0.29) is 17.6 Å². The zero-order valence-corrected chi connectivity index (χ0v) is 28.6. The minimum Gasteiger partial charge on any atom is -0.748 e. The Kier molecular flexibility index (Phi) is 27.6. The highest BCUT2D eigenvalue weighted by Gasteiger charge is 2.19. The zero-order chi connectivity index (χ0) is 30.8. The Morgan fingerprint density at radius 2 is 1.07 bits per heavy atom. The van der Waals surface area contributed by atoms with Gasteiger partial charge in [0, 0.05) is 20.0 Å². The quantitative estimate of drug-likeness (QED) is 0.0602. The molecular weight excluding hydrogens is 550 g/mol. The molecule has 0 heterocycles. The Labute approximate surface area is 249 Å². The van der Waals surface area contributed by atoms with Crippen molar-refractivity contribution in [3.63, 3.8) is 0 Å². The van der Waals surface area contributed by atoms with Crippen LogP contribution in [0, 0.1) is 0 Å². The summed E-state index contributed by atoms with van der Waals surface area (Å²) in [6.07, 6.45) is 23.6. The van der Waals surface area contributed by atoms with Crippen LogP contribution in [0.15, 0.2) is 0 Å². The lowest BCUT2D eigenvalue weighted by molar-refractivity contribution is -0.870. The van der Waals surface area contributed by atoms with Gasteiger partial charge in [-0.15, -0.1) is 0 Å². The highest BCUT2D eigenvalue weighted by molar-refractivity contribution is 7.91. The van der Waals surface area contributed by atoms with E-state index < -0.39 is 20.0 Å². The number of unbranched alkanes of at least 4 members (excludes halogenated alkanes) is 16. The molecule has 0 fully saturated rings. The van der Waals surface area contributed by atoms with Crippen LogP contribution in [0.2, 0.25) is 0 Å². The molecule has 40 heavy (non-hydrogen) atoms. The molecule has 8 nitrogen and oxygen atoms in total. The summed E-state index contributed by atoms with van der Waals surface area (Å²) in [4.78, 5) is 0. The molecule has 244 valence electrons. The highest BCUT2D eigenvalue weighted by atomic mass is 32.2. The van der Waals surface area contributed by atoms with Crippen molar-refractivity contribution < 1.29 is 35.3 Å². The maximum absolute atomic E-state index is 12.4. The van der Waals surface area contributed by atoms with Gasteiger partial charge in [0.25, 0.3) is 0 Å². The van der Waals surface area contributed by atoms with Gasteiger partial charge in [0.05, 0.1) is 62.0 Å². The Hall–Kier alpha value is -0.260. The molecule has 0 aromatic rings. The van der Waals surface area contributed by atoms with Crippen molar-refractivity contribution in [3.8, 4) is 0 Å². The van der Waals surface area contributed by atoms with Gasteiger partial charge in [-0.25, -0.2) is 16.8 Å². The van der Waals surface area contributed by atoms with E-state index in [1.54, 1.807) is 7.11 Å². The fraction of sp³-hybridized carbons (Fsp3) is 1.00. The molecule has 0 saturated heterocycles. The fourth-order valence-corrected chi connectivity index (χ4v) is 6.04. The number of methoxy groups -OCH3 is 1. The van der Waals surface area contributed by atoms with Crippen molar-refractivity contribution in [2.75, 3.05) is 65.8 Å². The molecule has 1 atom stereocenters. The van der Waals surface area contributed by atoms with Crippen LogP contribution in [0.25, 0.3) is 0 Å². The van der Waals surface area contributed by atoms with Crippen LogP contribution < -0.4 is 0 Å². The van der Waals surface area contributed by atoms with Crippen LogP contribution >= 0.6 is 0 Å². The molecular formula is C30H65NO7S2. The summed E-state index contributed by atoms with van der Waals surface area (Å²) in [5.41, 5.74) is 0. The number of ether oxygens (including phenoxy) is 2. The first-order chi connectivity index (χ1) is 18.7. The van der Waals surface area contributed by atoms with E-state index >= 15 is 0 Å². The number of hydrogen-bond donors (Lipinski definition) is 0. The molecule has 0 rings (SSSR count). The van der Waals surface area contributed by atoms with Crippen LogP contribution in [0.3, 0.4) is 0 Å². The van der Waals surface area contributed by atoms with Gasteiger partial charge in [-0.3, -0.25) is 0 Å². The molecule has 0 spiro atoms. The van der Waals surface area contributed by atoms with Crippen molar-refractivity contribution in [3.05, 3.63) is 0 Å². The van der Waals surface area contributed by atoms with Crippen LogP contribution in [0.1, 0.15) is 122 Å². The molecule has 0 bridgehead atoms. The minimum absolute atomic E-state index is 0.0623. The summed E-state index contributed by atoms with van der Waals surface area (Å²) < 4.78 is 64.0. The van der Waals surface area contributed by atoms with Crippen LogP contribution in [-0.4, -0.2) is 97.7 Å². The SMILES string of the molecule is CCCCCCCCCCCCCCCCCCOCC(CS(=O)(=O)CCCC[N+](C)(C)C)OC.CS(=O)(=O)[O-]. The van der Waals surface area contributed by atoms with Gasteiger partial charge in [-0.05, 0) is 19.3 Å². The molecule has 10 heteroatoms. The number of quaternary nitrogens is 1. The molecule has 0 aromatic carbocycles. The summed E-state index contributed by atoms with van der Waals surface area (Å²) in [5.74, 6) is 0.304. The second-order valence-electron chi connectivity index (χ2n) is 12.3. The second-order valence-corrected chi connectivity index (χ2v) is 15.9. The number of sulfone groups is 1. The third-order valence-electron chi connectivity index (χ3n) is 6.75. The Morgan fingerprint density at radius 1 is 0.675 bits per heavy atom. The van der Waals surface area contributed by atoms with E-state index in [0.29, 0.717) is 25.9 Å². The average molecular weight is 616 g/mol. The lowest BCUT2D eigenvalue weighted by Crippen LogP contribution is -2.35. The molecule has 0 saturated carbocycles. The van der Waals surface area contributed by atoms with Crippen LogP contribution in [-0.2, 0) is 29.4 Å². The molecule has 0 aliphatic carbocycles. The van der Waals surface area contributed by atoms with Crippen molar-refractivity contribution >= 4 is 20.0 Å². The largest absolute Gasteiger partial charge is 0.748 e. The maximum Gasteiger partial charge on any atom is 0.152 e. The second kappa shape index (κ2) is 26.4. The molecule has 0 aliphatic heterocycles. The molecule has 0 N–H and O–H groups in total. The predicted molar refractivity (Wildman–Crippen MR) is 168 cm³/mol. The van der Waals surface area contributed by atoms with E-state index in [0.717, 1.165) is 23.9 Å². The third kappa shape index (κ3) is 39.9. The summed E-state index contributed by atoms with van der Waals surface area (Å²) in [7, 11) is 0.959. The zero-order valence-electron chi connectivity index (χ0n) is 27.0. The maximum atomic E-state index is 12.4. The molecule has 1 unspecified atom stereocenters. The van der Waals surface area contributed by atoms with Gasteiger partial charge >= 0.3 is 0 Å². The highest BCUT2D eigenvalue weighted by Crippen LogP contribution is 2.14. The number of nitrogens with zero attached hydrogens (tertiary/aromatic N) is 1.